The van der Waals surface area contributed by atoms with Crippen molar-refractivity contribution in [2.24, 2.45) is 0 Å². The van der Waals surface area contributed by atoms with Gasteiger partial charge in [0.2, 0.25) is 0 Å². The van der Waals surface area contributed by atoms with Crippen LogP contribution in [0.1, 0.15) is 25.7 Å². The van der Waals surface area contributed by atoms with Crippen molar-refractivity contribution in [2.75, 3.05) is 26.4 Å². The third kappa shape index (κ3) is 6.22. The molecule has 0 aliphatic carbocycles. The average molecular weight is 330 g/mol. The molecule has 0 atom stereocenters. The fraction of sp³-hybridized carbons (Fsp3) is 0.400. The van der Waals surface area contributed by atoms with Crippen LogP contribution in [-0.2, 0) is 0 Å². The number of unbranched alkanes of at least 4 members (excludes halogenated alkanes) is 2. The summed E-state index contributed by atoms with van der Waals surface area (Å²) in [5, 5.41) is 17.5. The first-order valence-electron chi connectivity index (χ1n) is 8.51. The van der Waals surface area contributed by atoms with Gasteiger partial charge in [-0.25, -0.2) is 0 Å². The van der Waals surface area contributed by atoms with Gasteiger partial charge in [0.25, 0.3) is 0 Å². The molecular formula is C20H26O4. The fourth-order valence-corrected chi connectivity index (χ4v) is 2.29. The van der Waals surface area contributed by atoms with Crippen molar-refractivity contribution in [1.82, 2.24) is 0 Å². The summed E-state index contributed by atoms with van der Waals surface area (Å²) in [6.07, 6.45) is 3.26. The van der Waals surface area contributed by atoms with Gasteiger partial charge < -0.3 is 19.7 Å². The zero-order valence-corrected chi connectivity index (χ0v) is 14.0. The molecule has 0 fully saturated rings. The summed E-state index contributed by atoms with van der Waals surface area (Å²) >= 11 is 0. The third-order valence-corrected chi connectivity index (χ3v) is 3.68. The van der Waals surface area contributed by atoms with Crippen LogP contribution in [-0.4, -0.2) is 36.6 Å². The molecule has 0 saturated heterocycles. The van der Waals surface area contributed by atoms with Gasteiger partial charge in [0.15, 0.2) is 0 Å². The van der Waals surface area contributed by atoms with Crippen molar-refractivity contribution in [1.29, 1.82) is 0 Å². The average Bonchev–Trinajstić information content (AvgIpc) is 2.64. The maximum absolute atomic E-state index is 8.74. The number of hydrogen-bond acceptors (Lipinski definition) is 4. The molecule has 0 aromatic heterocycles. The van der Waals surface area contributed by atoms with E-state index in [1.165, 1.54) is 0 Å². The molecule has 2 aromatic rings. The number of aliphatic hydroxyl groups excluding tert-OH is 2. The van der Waals surface area contributed by atoms with Crippen molar-refractivity contribution in [3.05, 3.63) is 48.5 Å². The molecule has 0 spiro atoms. The maximum Gasteiger partial charge on any atom is 0.119 e. The monoisotopic (exact) mass is 330 g/mol. The normalized spacial score (nSPS) is 10.6. The van der Waals surface area contributed by atoms with Gasteiger partial charge in [-0.15, -0.1) is 0 Å². The van der Waals surface area contributed by atoms with E-state index in [-0.39, 0.29) is 13.2 Å². The van der Waals surface area contributed by atoms with Gasteiger partial charge in [-0.05, 0) is 61.1 Å². The van der Waals surface area contributed by atoms with E-state index in [1.807, 2.05) is 48.5 Å². The summed E-state index contributed by atoms with van der Waals surface area (Å²) in [4.78, 5) is 0. The fourth-order valence-electron chi connectivity index (χ4n) is 2.29. The van der Waals surface area contributed by atoms with Crippen LogP contribution in [0.5, 0.6) is 11.5 Å². The standard InChI is InChI=1S/C20H26O4/c21-13-1-3-15-23-19-9-5-17(6-10-19)18-7-11-20(12-8-18)24-16-4-2-14-22/h5-12,21-22H,1-4,13-16H2. The molecular weight excluding hydrogens is 304 g/mol. The molecule has 0 heterocycles. The van der Waals surface area contributed by atoms with Crippen molar-refractivity contribution in [3.63, 3.8) is 0 Å². The molecule has 0 amide bonds. The number of benzene rings is 2. The van der Waals surface area contributed by atoms with Crippen LogP contribution in [0.25, 0.3) is 11.1 Å². The first-order chi connectivity index (χ1) is 11.8. The number of ether oxygens (including phenoxy) is 2. The topological polar surface area (TPSA) is 58.9 Å². The maximum atomic E-state index is 8.74. The largest absolute Gasteiger partial charge is 0.494 e. The first kappa shape index (κ1) is 18.3. The van der Waals surface area contributed by atoms with Crippen molar-refractivity contribution in [3.8, 4) is 22.6 Å². The Bertz CT molecular complexity index is 510. The zero-order chi connectivity index (χ0) is 17.0. The van der Waals surface area contributed by atoms with E-state index in [4.69, 9.17) is 19.7 Å². The highest BCUT2D eigenvalue weighted by atomic mass is 16.5. The highest BCUT2D eigenvalue weighted by molar-refractivity contribution is 5.64. The van der Waals surface area contributed by atoms with Gasteiger partial charge in [-0.2, -0.15) is 0 Å². The SMILES string of the molecule is OCCCCOc1ccc(-c2ccc(OCCCCO)cc2)cc1. The van der Waals surface area contributed by atoms with E-state index in [1.54, 1.807) is 0 Å². The van der Waals surface area contributed by atoms with E-state index in [0.29, 0.717) is 13.2 Å². The summed E-state index contributed by atoms with van der Waals surface area (Å²) in [5.41, 5.74) is 2.26. The molecule has 2 aromatic carbocycles. The molecule has 0 saturated carbocycles. The molecule has 0 unspecified atom stereocenters. The van der Waals surface area contributed by atoms with E-state index < -0.39 is 0 Å². The molecule has 130 valence electrons. The molecule has 0 radical (unpaired) electrons. The first-order valence-corrected chi connectivity index (χ1v) is 8.51. The number of aliphatic hydroxyl groups is 2. The van der Waals surface area contributed by atoms with Crippen LogP contribution in [0.15, 0.2) is 48.5 Å². The Balaban J connectivity index is 1.84. The Morgan fingerprint density at radius 3 is 1.25 bits per heavy atom. The molecule has 0 bridgehead atoms. The quantitative estimate of drug-likeness (QED) is 0.617. The van der Waals surface area contributed by atoms with Gasteiger partial charge in [-0.1, -0.05) is 24.3 Å². The van der Waals surface area contributed by atoms with Crippen molar-refractivity contribution < 1.29 is 19.7 Å². The lowest BCUT2D eigenvalue weighted by atomic mass is 10.1. The van der Waals surface area contributed by atoms with Crippen LogP contribution in [0.4, 0.5) is 0 Å². The number of hydrogen-bond donors (Lipinski definition) is 2. The van der Waals surface area contributed by atoms with E-state index in [9.17, 15) is 0 Å². The van der Waals surface area contributed by atoms with Gasteiger partial charge in [0.05, 0.1) is 13.2 Å². The van der Waals surface area contributed by atoms with E-state index in [0.717, 1.165) is 48.3 Å². The highest BCUT2D eigenvalue weighted by Gasteiger charge is 2.00. The van der Waals surface area contributed by atoms with Crippen molar-refractivity contribution >= 4 is 0 Å². The van der Waals surface area contributed by atoms with Gasteiger partial charge in [-0.3, -0.25) is 0 Å². The van der Waals surface area contributed by atoms with Crippen LogP contribution in [0, 0.1) is 0 Å². The molecule has 4 nitrogen and oxygen atoms in total. The van der Waals surface area contributed by atoms with Gasteiger partial charge in [0, 0.05) is 13.2 Å². The summed E-state index contributed by atoms with van der Waals surface area (Å²) in [6.45, 7) is 1.68. The summed E-state index contributed by atoms with van der Waals surface area (Å²) in [7, 11) is 0. The van der Waals surface area contributed by atoms with E-state index >= 15 is 0 Å². The van der Waals surface area contributed by atoms with Gasteiger partial charge in [0.1, 0.15) is 11.5 Å². The van der Waals surface area contributed by atoms with Gasteiger partial charge >= 0.3 is 0 Å². The highest BCUT2D eigenvalue weighted by Crippen LogP contribution is 2.24. The summed E-state index contributed by atoms with van der Waals surface area (Å²) in [6, 6.07) is 16.0. The Kier molecular flexibility index (Phi) is 8.15. The zero-order valence-electron chi connectivity index (χ0n) is 14.0. The second-order valence-electron chi connectivity index (χ2n) is 5.61. The Hall–Kier alpha value is -2.04. The lowest BCUT2D eigenvalue weighted by Gasteiger charge is -2.09. The smallest absolute Gasteiger partial charge is 0.119 e. The predicted molar refractivity (Wildman–Crippen MR) is 95.5 cm³/mol. The van der Waals surface area contributed by atoms with Crippen LogP contribution in [0.2, 0.25) is 0 Å². The summed E-state index contributed by atoms with van der Waals surface area (Å²) < 4.78 is 11.3. The summed E-state index contributed by atoms with van der Waals surface area (Å²) in [5.74, 6) is 1.70. The van der Waals surface area contributed by atoms with Crippen LogP contribution in [0.3, 0.4) is 0 Å². The Labute approximate surface area is 143 Å². The Morgan fingerprint density at radius 1 is 0.542 bits per heavy atom. The predicted octanol–water partition coefficient (Wildman–Crippen LogP) is 3.66. The molecule has 2 rings (SSSR count). The second-order valence-corrected chi connectivity index (χ2v) is 5.61. The second kappa shape index (κ2) is 10.7. The minimum absolute atomic E-state index is 0.212. The Morgan fingerprint density at radius 2 is 0.917 bits per heavy atom. The molecule has 4 heteroatoms. The minimum Gasteiger partial charge on any atom is -0.494 e. The molecule has 0 aliphatic rings. The van der Waals surface area contributed by atoms with Crippen LogP contribution < -0.4 is 9.47 Å². The molecule has 0 aliphatic heterocycles. The van der Waals surface area contributed by atoms with Crippen molar-refractivity contribution in [2.45, 2.75) is 25.7 Å². The minimum atomic E-state index is 0.212. The lowest BCUT2D eigenvalue weighted by molar-refractivity contribution is 0.253. The molecule has 24 heavy (non-hydrogen) atoms. The number of rotatable bonds is 11. The lowest BCUT2D eigenvalue weighted by Crippen LogP contribution is -1.98. The van der Waals surface area contributed by atoms with E-state index in [2.05, 4.69) is 0 Å². The van der Waals surface area contributed by atoms with Crippen LogP contribution >= 0.6 is 0 Å². The molecule has 2 N–H and O–H groups in total. The third-order valence-electron chi connectivity index (χ3n) is 3.68.